The third-order valence-electron chi connectivity index (χ3n) is 3.10. The number of amides is 1. The second-order valence-corrected chi connectivity index (χ2v) is 4.60. The van der Waals surface area contributed by atoms with Crippen LogP contribution in [0.4, 0.5) is 0 Å². The normalized spacial score (nSPS) is 20.2. The van der Waals surface area contributed by atoms with E-state index >= 15 is 0 Å². The molecule has 18 heavy (non-hydrogen) atoms. The molecular weight excluding hydrogens is 232 g/mol. The lowest BCUT2D eigenvalue weighted by Crippen LogP contribution is -2.48. The van der Waals surface area contributed by atoms with Crippen LogP contribution in [0.3, 0.4) is 0 Å². The Morgan fingerprint density at radius 3 is 3.06 bits per heavy atom. The molecule has 0 aliphatic carbocycles. The molecule has 1 unspecified atom stereocenters. The summed E-state index contributed by atoms with van der Waals surface area (Å²) >= 11 is 0. The SMILES string of the molecule is CNCC1CN(C(=O)c2cn(C)nc2C)CCO1. The number of carbonyl (C=O) groups is 1. The number of hydrogen-bond donors (Lipinski definition) is 1. The Labute approximate surface area is 107 Å². The second kappa shape index (κ2) is 5.49. The van der Waals surface area contributed by atoms with Gasteiger partial charge in [-0.1, -0.05) is 0 Å². The number of nitrogens with one attached hydrogen (secondary N) is 1. The Morgan fingerprint density at radius 1 is 1.67 bits per heavy atom. The van der Waals surface area contributed by atoms with Gasteiger partial charge in [0.2, 0.25) is 0 Å². The van der Waals surface area contributed by atoms with Crippen molar-refractivity contribution in [2.24, 2.45) is 7.05 Å². The molecule has 2 heterocycles. The molecule has 0 spiro atoms. The number of hydrogen-bond acceptors (Lipinski definition) is 4. The summed E-state index contributed by atoms with van der Waals surface area (Å²) in [6.45, 7) is 4.49. The molecule has 1 aliphatic heterocycles. The van der Waals surface area contributed by atoms with E-state index in [1.54, 1.807) is 10.9 Å². The van der Waals surface area contributed by atoms with Crippen LogP contribution in [0.25, 0.3) is 0 Å². The van der Waals surface area contributed by atoms with Crippen LogP contribution in [-0.2, 0) is 11.8 Å². The summed E-state index contributed by atoms with van der Waals surface area (Å²) in [7, 11) is 3.71. The fraction of sp³-hybridized carbons (Fsp3) is 0.667. The molecule has 1 amide bonds. The number of nitrogens with zero attached hydrogens (tertiary/aromatic N) is 3. The third kappa shape index (κ3) is 2.70. The number of likely N-dealkylation sites (N-methyl/N-ethyl adjacent to an activating group) is 1. The van der Waals surface area contributed by atoms with E-state index < -0.39 is 0 Å². The molecule has 6 nitrogen and oxygen atoms in total. The van der Waals surface area contributed by atoms with Gasteiger partial charge in [0.05, 0.1) is 24.0 Å². The zero-order chi connectivity index (χ0) is 13.1. The van der Waals surface area contributed by atoms with E-state index in [2.05, 4.69) is 10.4 Å². The maximum absolute atomic E-state index is 12.4. The molecule has 0 bridgehead atoms. The summed E-state index contributed by atoms with van der Waals surface area (Å²) in [4.78, 5) is 14.2. The van der Waals surface area contributed by atoms with Crippen LogP contribution in [0.5, 0.6) is 0 Å². The third-order valence-corrected chi connectivity index (χ3v) is 3.10. The van der Waals surface area contributed by atoms with E-state index in [4.69, 9.17) is 4.74 Å². The van der Waals surface area contributed by atoms with Gasteiger partial charge in [-0.15, -0.1) is 0 Å². The molecule has 0 saturated carbocycles. The van der Waals surface area contributed by atoms with Crippen molar-refractivity contribution in [2.75, 3.05) is 33.3 Å². The van der Waals surface area contributed by atoms with Crippen LogP contribution < -0.4 is 5.32 Å². The highest BCUT2D eigenvalue weighted by atomic mass is 16.5. The van der Waals surface area contributed by atoms with Crippen molar-refractivity contribution in [3.63, 3.8) is 0 Å². The Hall–Kier alpha value is -1.40. The van der Waals surface area contributed by atoms with E-state index in [0.29, 0.717) is 25.3 Å². The lowest BCUT2D eigenvalue weighted by atomic mass is 10.2. The van der Waals surface area contributed by atoms with Gasteiger partial charge in [-0.3, -0.25) is 9.48 Å². The number of carbonyl (C=O) groups excluding carboxylic acids is 1. The summed E-state index contributed by atoms with van der Waals surface area (Å²) < 4.78 is 7.27. The van der Waals surface area contributed by atoms with Crippen molar-refractivity contribution in [1.82, 2.24) is 20.0 Å². The first kappa shape index (κ1) is 13.0. The zero-order valence-electron chi connectivity index (χ0n) is 11.1. The number of rotatable bonds is 3. The molecule has 1 aliphatic rings. The summed E-state index contributed by atoms with van der Waals surface area (Å²) in [6, 6.07) is 0. The van der Waals surface area contributed by atoms with Gasteiger partial charge in [-0.25, -0.2) is 0 Å². The Kier molecular flexibility index (Phi) is 3.98. The summed E-state index contributed by atoms with van der Waals surface area (Å²) in [5, 5.41) is 7.28. The first-order valence-corrected chi connectivity index (χ1v) is 6.17. The second-order valence-electron chi connectivity index (χ2n) is 4.60. The zero-order valence-corrected chi connectivity index (χ0v) is 11.1. The minimum atomic E-state index is 0.0463. The van der Waals surface area contributed by atoms with Crippen LogP contribution in [0.15, 0.2) is 6.20 Å². The standard InChI is InChI=1S/C12H20N4O2/c1-9-11(8-15(3)14-9)12(17)16-4-5-18-10(7-16)6-13-2/h8,10,13H,4-7H2,1-3H3. The van der Waals surface area contributed by atoms with E-state index in [1.807, 2.05) is 25.9 Å². The molecule has 1 aromatic rings. The first-order valence-electron chi connectivity index (χ1n) is 6.17. The van der Waals surface area contributed by atoms with Gasteiger partial charge in [0, 0.05) is 32.9 Å². The number of aromatic nitrogens is 2. The summed E-state index contributed by atoms with van der Waals surface area (Å²) in [5.41, 5.74) is 1.46. The Bertz CT molecular complexity index is 428. The fourth-order valence-electron chi connectivity index (χ4n) is 2.23. The van der Waals surface area contributed by atoms with E-state index in [-0.39, 0.29) is 12.0 Å². The number of ether oxygens (including phenoxy) is 1. The summed E-state index contributed by atoms with van der Waals surface area (Å²) in [5.74, 6) is 0.0463. The lowest BCUT2D eigenvalue weighted by Gasteiger charge is -2.32. The van der Waals surface area contributed by atoms with Crippen LogP contribution in [-0.4, -0.2) is 60.0 Å². The molecule has 1 fully saturated rings. The van der Waals surface area contributed by atoms with Gasteiger partial charge in [0.25, 0.3) is 5.91 Å². The Morgan fingerprint density at radius 2 is 2.44 bits per heavy atom. The molecule has 0 radical (unpaired) electrons. The maximum Gasteiger partial charge on any atom is 0.257 e. The van der Waals surface area contributed by atoms with Crippen molar-refractivity contribution >= 4 is 5.91 Å². The Balaban J connectivity index is 2.06. The molecule has 1 saturated heterocycles. The monoisotopic (exact) mass is 252 g/mol. The largest absolute Gasteiger partial charge is 0.373 e. The smallest absolute Gasteiger partial charge is 0.257 e. The van der Waals surface area contributed by atoms with Crippen molar-refractivity contribution in [3.05, 3.63) is 17.5 Å². The maximum atomic E-state index is 12.4. The van der Waals surface area contributed by atoms with Gasteiger partial charge >= 0.3 is 0 Å². The average Bonchev–Trinajstić information content (AvgIpc) is 2.68. The van der Waals surface area contributed by atoms with Crippen molar-refractivity contribution < 1.29 is 9.53 Å². The first-order chi connectivity index (χ1) is 8.61. The number of aryl methyl sites for hydroxylation is 2. The van der Waals surface area contributed by atoms with Crippen LogP contribution in [0.1, 0.15) is 16.1 Å². The van der Waals surface area contributed by atoms with Gasteiger partial charge in [-0.05, 0) is 14.0 Å². The lowest BCUT2D eigenvalue weighted by molar-refractivity contribution is -0.0196. The van der Waals surface area contributed by atoms with Crippen molar-refractivity contribution in [2.45, 2.75) is 13.0 Å². The summed E-state index contributed by atoms with van der Waals surface area (Å²) in [6.07, 6.45) is 1.85. The quantitative estimate of drug-likeness (QED) is 0.808. The van der Waals surface area contributed by atoms with Crippen LogP contribution >= 0.6 is 0 Å². The molecule has 0 aromatic carbocycles. The highest BCUT2D eigenvalue weighted by molar-refractivity contribution is 5.95. The van der Waals surface area contributed by atoms with Gasteiger partial charge < -0.3 is 15.0 Å². The molecule has 1 N–H and O–H groups in total. The molecular formula is C12H20N4O2. The van der Waals surface area contributed by atoms with Gasteiger partial charge in [0.1, 0.15) is 0 Å². The highest BCUT2D eigenvalue weighted by Crippen LogP contribution is 2.12. The van der Waals surface area contributed by atoms with Crippen LogP contribution in [0, 0.1) is 6.92 Å². The molecule has 1 atom stereocenters. The van der Waals surface area contributed by atoms with E-state index in [1.165, 1.54) is 0 Å². The minimum absolute atomic E-state index is 0.0463. The predicted molar refractivity (Wildman–Crippen MR) is 67.5 cm³/mol. The topological polar surface area (TPSA) is 59.4 Å². The van der Waals surface area contributed by atoms with Gasteiger partial charge in [0.15, 0.2) is 0 Å². The predicted octanol–water partition coefficient (Wildman–Crippen LogP) is -0.211. The molecule has 6 heteroatoms. The molecule has 2 rings (SSSR count). The van der Waals surface area contributed by atoms with E-state index in [0.717, 1.165) is 12.2 Å². The molecule has 1 aromatic heterocycles. The van der Waals surface area contributed by atoms with Crippen molar-refractivity contribution in [1.29, 1.82) is 0 Å². The average molecular weight is 252 g/mol. The fourth-order valence-corrected chi connectivity index (χ4v) is 2.23. The van der Waals surface area contributed by atoms with E-state index in [9.17, 15) is 4.79 Å². The highest BCUT2D eigenvalue weighted by Gasteiger charge is 2.26. The molecule has 100 valence electrons. The minimum Gasteiger partial charge on any atom is -0.373 e. The van der Waals surface area contributed by atoms with Gasteiger partial charge in [-0.2, -0.15) is 5.10 Å². The van der Waals surface area contributed by atoms with Crippen LogP contribution in [0.2, 0.25) is 0 Å². The van der Waals surface area contributed by atoms with Crippen molar-refractivity contribution in [3.8, 4) is 0 Å². The number of morpholine rings is 1.